The van der Waals surface area contributed by atoms with Crippen molar-refractivity contribution in [3.8, 4) is 0 Å². The third-order valence-corrected chi connectivity index (χ3v) is 6.89. The summed E-state index contributed by atoms with van der Waals surface area (Å²) < 4.78 is 0. The molecule has 4 rings (SSSR count). The lowest BCUT2D eigenvalue weighted by Crippen LogP contribution is -2.50. The highest BCUT2D eigenvalue weighted by Gasteiger charge is 2.41. The highest BCUT2D eigenvalue weighted by molar-refractivity contribution is 6.52. The van der Waals surface area contributed by atoms with Gasteiger partial charge in [0.05, 0.1) is 11.3 Å². The normalized spacial score (nSPS) is 28.0. The number of nitrogens with zero attached hydrogens (tertiary/aromatic N) is 2. The van der Waals surface area contributed by atoms with Gasteiger partial charge in [0, 0.05) is 25.2 Å². The number of amides is 1. The molecule has 140 valence electrons. The molecule has 1 saturated heterocycles. The van der Waals surface area contributed by atoms with Gasteiger partial charge in [-0.1, -0.05) is 26.0 Å². The van der Waals surface area contributed by atoms with Crippen LogP contribution in [-0.2, 0) is 4.79 Å². The van der Waals surface area contributed by atoms with Crippen molar-refractivity contribution in [2.45, 2.75) is 64.5 Å². The van der Waals surface area contributed by atoms with E-state index in [2.05, 4.69) is 18.7 Å². The van der Waals surface area contributed by atoms with Gasteiger partial charge >= 0.3 is 0 Å². The van der Waals surface area contributed by atoms with Crippen LogP contribution in [0.5, 0.6) is 0 Å². The fourth-order valence-corrected chi connectivity index (χ4v) is 5.21. The zero-order valence-electron chi connectivity index (χ0n) is 16.0. The standard InChI is InChI=1S/C22H30N2O2/c1-15(2)16-7-9-17(10-8-16)23-13-11-18(12-14-23)24-20-6-4-3-5-19(20)21(25)22(24)26/h3-6,15-18H,7-14H2,1-2H3. The fourth-order valence-electron chi connectivity index (χ4n) is 5.21. The van der Waals surface area contributed by atoms with E-state index >= 15 is 0 Å². The maximum absolute atomic E-state index is 12.5. The van der Waals surface area contributed by atoms with Crippen molar-refractivity contribution in [1.29, 1.82) is 0 Å². The molecule has 0 N–H and O–H groups in total. The summed E-state index contributed by atoms with van der Waals surface area (Å²) in [5.41, 5.74) is 1.39. The minimum atomic E-state index is -0.338. The van der Waals surface area contributed by atoms with Gasteiger partial charge in [0.25, 0.3) is 11.7 Å². The topological polar surface area (TPSA) is 40.6 Å². The van der Waals surface area contributed by atoms with Gasteiger partial charge in [-0.2, -0.15) is 0 Å². The van der Waals surface area contributed by atoms with Crippen molar-refractivity contribution in [1.82, 2.24) is 4.90 Å². The first-order valence-corrected chi connectivity index (χ1v) is 10.3. The molecule has 0 radical (unpaired) electrons. The van der Waals surface area contributed by atoms with Crippen LogP contribution in [0.4, 0.5) is 5.69 Å². The number of carbonyl (C=O) groups excluding carboxylic acids is 2. The summed E-state index contributed by atoms with van der Waals surface area (Å²) in [5.74, 6) is 1.03. The van der Waals surface area contributed by atoms with E-state index in [9.17, 15) is 9.59 Å². The average Bonchev–Trinajstić information content (AvgIpc) is 2.93. The first kappa shape index (κ1) is 17.7. The van der Waals surface area contributed by atoms with Crippen LogP contribution in [0.1, 0.15) is 62.7 Å². The molecule has 0 spiro atoms. The summed E-state index contributed by atoms with van der Waals surface area (Å²) >= 11 is 0. The molecule has 4 nitrogen and oxygen atoms in total. The smallest absolute Gasteiger partial charge is 0.299 e. The molecular weight excluding hydrogens is 324 g/mol. The molecule has 2 aliphatic heterocycles. The summed E-state index contributed by atoms with van der Waals surface area (Å²) in [6, 6.07) is 8.33. The minimum absolute atomic E-state index is 0.165. The van der Waals surface area contributed by atoms with Crippen LogP contribution in [0.3, 0.4) is 0 Å². The molecular formula is C22H30N2O2. The largest absolute Gasteiger partial charge is 0.302 e. The number of fused-ring (bicyclic) bond motifs is 1. The Morgan fingerprint density at radius 2 is 1.54 bits per heavy atom. The third-order valence-electron chi connectivity index (χ3n) is 6.89. The van der Waals surface area contributed by atoms with E-state index in [1.54, 1.807) is 11.0 Å². The van der Waals surface area contributed by atoms with Gasteiger partial charge in [0.1, 0.15) is 0 Å². The van der Waals surface area contributed by atoms with E-state index in [1.165, 1.54) is 25.7 Å². The second kappa shape index (κ2) is 7.15. The zero-order valence-corrected chi connectivity index (χ0v) is 16.0. The van der Waals surface area contributed by atoms with Crippen LogP contribution in [0, 0.1) is 11.8 Å². The highest BCUT2D eigenvalue weighted by Crippen LogP contribution is 2.36. The number of ketones is 1. The van der Waals surface area contributed by atoms with Gasteiger partial charge in [-0.25, -0.2) is 0 Å². The Balaban J connectivity index is 1.37. The predicted octanol–water partition coefficient (Wildman–Crippen LogP) is 3.90. The van der Waals surface area contributed by atoms with Crippen molar-refractivity contribution in [2.75, 3.05) is 18.0 Å². The number of piperidine rings is 1. The Bertz CT molecular complexity index is 683. The number of Topliss-reactive ketones (excluding diaryl/α,β-unsaturated/α-hetero) is 1. The molecule has 0 bridgehead atoms. The van der Waals surface area contributed by atoms with Gasteiger partial charge in [-0.3, -0.25) is 9.59 Å². The van der Waals surface area contributed by atoms with Crippen molar-refractivity contribution in [3.63, 3.8) is 0 Å². The molecule has 4 heteroatoms. The summed E-state index contributed by atoms with van der Waals surface area (Å²) in [6.45, 7) is 6.79. The number of benzene rings is 1. The van der Waals surface area contributed by atoms with E-state index in [0.717, 1.165) is 43.5 Å². The van der Waals surface area contributed by atoms with Crippen LogP contribution in [0.25, 0.3) is 0 Å². The number of hydrogen-bond donors (Lipinski definition) is 0. The minimum Gasteiger partial charge on any atom is -0.302 e. The Hall–Kier alpha value is -1.68. The van der Waals surface area contributed by atoms with Crippen molar-refractivity contribution in [2.24, 2.45) is 11.8 Å². The van der Waals surface area contributed by atoms with Gasteiger partial charge in [0.2, 0.25) is 0 Å². The molecule has 1 saturated carbocycles. The van der Waals surface area contributed by atoms with E-state index < -0.39 is 0 Å². The molecule has 1 aromatic rings. The first-order valence-electron chi connectivity index (χ1n) is 10.3. The molecule has 0 atom stereocenters. The summed E-state index contributed by atoms with van der Waals surface area (Å²) in [5, 5.41) is 0. The van der Waals surface area contributed by atoms with Gasteiger partial charge in [-0.05, 0) is 62.5 Å². The number of carbonyl (C=O) groups is 2. The monoisotopic (exact) mass is 354 g/mol. The Labute approximate surface area is 156 Å². The molecule has 26 heavy (non-hydrogen) atoms. The molecule has 0 unspecified atom stereocenters. The van der Waals surface area contributed by atoms with Crippen LogP contribution >= 0.6 is 0 Å². The van der Waals surface area contributed by atoms with E-state index in [0.29, 0.717) is 11.6 Å². The lowest BCUT2D eigenvalue weighted by molar-refractivity contribution is -0.115. The molecule has 2 fully saturated rings. The Morgan fingerprint density at radius 3 is 2.19 bits per heavy atom. The average molecular weight is 354 g/mol. The SMILES string of the molecule is CC(C)C1CCC(N2CCC(N3C(=O)C(=O)c4ccccc43)CC2)CC1. The maximum Gasteiger partial charge on any atom is 0.299 e. The van der Waals surface area contributed by atoms with Gasteiger partial charge < -0.3 is 9.80 Å². The predicted molar refractivity (Wildman–Crippen MR) is 103 cm³/mol. The van der Waals surface area contributed by atoms with Gasteiger partial charge in [0.15, 0.2) is 0 Å². The number of likely N-dealkylation sites (tertiary alicyclic amines) is 1. The van der Waals surface area contributed by atoms with Gasteiger partial charge in [-0.15, -0.1) is 0 Å². The van der Waals surface area contributed by atoms with Crippen molar-refractivity contribution >= 4 is 17.4 Å². The Kier molecular flexibility index (Phi) is 4.87. The second-order valence-corrected chi connectivity index (χ2v) is 8.60. The second-order valence-electron chi connectivity index (χ2n) is 8.60. The van der Waals surface area contributed by atoms with Crippen molar-refractivity contribution < 1.29 is 9.59 Å². The number of rotatable bonds is 3. The van der Waals surface area contributed by atoms with E-state index in [1.807, 2.05) is 18.2 Å². The lowest BCUT2D eigenvalue weighted by atomic mass is 9.79. The number of anilines is 1. The lowest BCUT2D eigenvalue weighted by Gasteiger charge is -2.43. The molecule has 1 aromatic carbocycles. The van der Waals surface area contributed by atoms with Crippen LogP contribution < -0.4 is 4.90 Å². The summed E-state index contributed by atoms with van der Waals surface area (Å²) in [6.07, 6.45) is 7.29. The highest BCUT2D eigenvalue weighted by atomic mass is 16.2. The van der Waals surface area contributed by atoms with Crippen LogP contribution in [0.15, 0.2) is 24.3 Å². The maximum atomic E-state index is 12.5. The molecule has 3 aliphatic rings. The molecule has 1 aliphatic carbocycles. The van der Waals surface area contributed by atoms with Crippen molar-refractivity contribution in [3.05, 3.63) is 29.8 Å². The number of para-hydroxylation sites is 1. The first-order chi connectivity index (χ1) is 12.6. The number of hydrogen-bond acceptors (Lipinski definition) is 3. The molecule has 0 aromatic heterocycles. The molecule has 2 heterocycles. The van der Waals surface area contributed by atoms with Crippen LogP contribution in [-0.4, -0.2) is 41.8 Å². The fraction of sp³-hybridized carbons (Fsp3) is 0.636. The Morgan fingerprint density at radius 1 is 0.885 bits per heavy atom. The zero-order chi connectivity index (χ0) is 18.3. The quantitative estimate of drug-likeness (QED) is 0.773. The summed E-state index contributed by atoms with van der Waals surface area (Å²) in [4.78, 5) is 29.2. The van der Waals surface area contributed by atoms with Crippen LogP contribution in [0.2, 0.25) is 0 Å². The third kappa shape index (κ3) is 3.09. The van der Waals surface area contributed by atoms with E-state index in [4.69, 9.17) is 0 Å². The van der Waals surface area contributed by atoms with E-state index in [-0.39, 0.29) is 17.7 Å². The summed E-state index contributed by atoms with van der Waals surface area (Å²) in [7, 11) is 0. The molecule has 1 amide bonds.